The molecule has 13 heavy (non-hydrogen) atoms. The van der Waals surface area contributed by atoms with E-state index in [1.54, 1.807) is 0 Å². The smallest absolute Gasteiger partial charge is 0.0547 e. The normalized spacial score (nSPS) is 15.3. The molecular formula is C10H17N3. The number of aryl methyl sites for hydroxylation is 1. The van der Waals surface area contributed by atoms with Gasteiger partial charge in [0, 0.05) is 25.3 Å². The average molecular weight is 179 g/mol. The van der Waals surface area contributed by atoms with Crippen LogP contribution in [0, 0.1) is 0 Å². The van der Waals surface area contributed by atoms with Crippen molar-refractivity contribution in [2.24, 2.45) is 7.05 Å². The van der Waals surface area contributed by atoms with Gasteiger partial charge in [-0.2, -0.15) is 5.10 Å². The lowest BCUT2D eigenvalue weighted by atomic mass is 10.2. The second-order valence-corrected chi connectivity index (χ2v) is 3.29. The van der Waals surface area contributed by atoms with Crippen LogP contribution in [0.1, 0.15) is 25.6 Å². The van der Waals surface area contributed by atoms with E-state index < -0.39 is 0 Å². The van der Waals surface area contributed by atoms with Gasteiger partial charge in [0.1, 0.15) is 0 Å². The van der Waals surface area contributed by atoms with Crippen LogP contribution in [0.3, 0.4) is 0 Å². The van der Waals surface area contributed by atoms with Gasteiger partial charge in [-0.05, 0) is 19.9 Å². The zero-order valence-electron chi connectivity index (χ0n) is 8.49. The van der Waals surface area contributed by atoms with Crippen molar-refractivity contribution in [2.45, 2.75) is 25.9 Å². The van der Waals surface area contributed by atoms with Crippen LogP contribution in [0.2, 0.25) is 0 Å². The first-order valence-electron chi connectivity index (χ1n) is 4.51. The molecule has 1 aromatic heterocycles. The maximum Gasteiger partial charge on any atom is 0.0547 e. The summed E-state index contributed by atoms with van der Waals surface area (Å²) in [5.41, 5.74) is 1.19. The van der Waals surface area contributed by atoms with Crippen molar-refractivity contribution in [2.75, 3.05) is 0 Å². The van der Waals surface area contributed by atoms with Gasteiger partial charge in [-0.1, -0.05) is 6.08 Å². The van der Waals surface area contributed by atoms with Crippen LogP contribution in [0.4, 0.5) is 0 Å². The highest BCUT2D eigenvalue weighted by atomic mass is 15.3. The summed E-state index contributed by atoms with van der Waals surface area (Å²) in [6.07, 6.45) is 3.71. The fraction of sp³-hybridized carbons (Fsp3) is 0.500. The topological polar surface area (TPSA) is 29.9 Å². The molecule has 2 unspecified atom stereocenters. The highest BCUT2D eigenvalue weighted by molar-refractivity contribution is 5.06. The lowest BCUT2D eigenvalue weighted by Crippen LogP contribution is -2.28. The third kappa shape index (κ3) is 2.42. The van der Waals surface area contributed by atoms with Crippen molar-refractivity contribution in [1.82, 2.24) is 15.1 Å². The van der Waals surface area contributed by atoms with Crippen LogP contribution in [0.5, 0.6) is 0 Å². The average Bonchev–Trinajstić information content (AvgIpc) is 2.51. The predicted octanol–water partition coefficient (Wildman–Crippen LogP) is 1.65. The second-order valence-electron chi connectivity index (χ2n) is 3.29. The maximum absolute atomic E-state index is 4.12. The molecule has 72 valence electrons. The van der Waals surface area contributed by atoms with Gasteiger partial charge < -0.3 is 5.32 Å². The Labute approximate surface area is 79.5 Å². The number of nitrogens with zero attached hydrogens (tertiary/aromatic N) is 2. The van der Waals surface area contributed by atoms with E-state index in [2.05, 4.69) is 30.8 Å². The molecule has 0 saturated heterocycles. The maximum atomic E-state index is 4.12. The Morgan fingerprint density at radius 2 is 2.31 bits per heavy atom. The summed E-state index contributed by atoms with van der Waals surface area (Å²) in [7, 11) is 1.95. The summed E-state index contributed by atoms with van der Waals surface area (Å²) in [6, 6.07) is 2.65. The minimum atomic E-state index is 0.306. The zero-order valence-corrected chi connectivity index (χ0v) is 8.49. The molecule has 1 heterocycles. The summed E-state index contributed by atoms with van der Waals surface area (Å²) in [4.78, 5) is 0. The van der Waals surface area contributed by atoms with Gasteiger partial charge in [0.15, 0.2) is 0 Å². The lowest BCUT2D eigenvalue weighted by molar-refractivity contribution is 0.503. The minimum Gasteiger partial charge on any atom is -0.303 e. The molecule has 3 nitrogen and oxygen atoms in total. The Hall–Kier alpha value is -1.09. The molecule has 0 amide bonds. The number of rotatable bonds is 4. The fourth-order valence-corrected chi connectivity index (χ4v) is 1.36. The highest BCUT2D eigenvalue weighted by Gasteiger charge is 2.09. The molecule has 3 heteroatoms. The van der Waals surface area contributed by atoms with E-state index in [0.717, 1.165) is 0 Å². The van der Waals surface area contributed by atoms with Crippen LogP contribution >= 0.6 is 0 Å². The van der Waals surface area contributed by atoms with Gasteiger partial charge in [0.05, 0.1) is 5.69 Å². The van der Waals surface area contributed by atoms with Crippen LogP contribution < -0.4 is 5.32 Å². The Morgan fingerprint density at radius 3 is 2.77 bits per heavy atom. The van der Waals surface area contributed by atoms with E-state index in [1.807, 2.05) is 30.1 Å². The molecule has 0 aliphatic rings. The third-order valence-electron chi connectivity index (χ3n) is 2.17. The lowest BCUT2D eigenvalue weighted by Gasteiger charge is -2.17. The van der Waals surface area contributed by atoms with E-state index in [0.29, 0.717) is 12.1 Å². The minimum absolute atomic E-state index is 0.306. The van der Waals surface area contributed by atoms with Crippen molar-refractivity contribution >= 4 is 0 Å². The van der Waals surface area contributed by atoms with Gasteiger partial charge in [-0.25, -0.2) is 0 Å². The molecule has 0 aromatic carbocycles. The van der Waals surface area contributed by atoms with Crippen LogP contribution in [-0.4, -0.2) is 15.8 Å². The molecule has 0 aliphatic carbocycles. The van der Waals surface area contributed by atoms with Gasteiger partial charge in [-0.15, -0.1) is 6.58 Å². The zero-order chi connectivity index (χ0) is 9.84. The molecule has 0 fully saturated rings. The van der Waals surface area contributed by atoms with E-state index in [4.69, 9.17) is 0 Å². The summed E-state index contributed by atoms with van der Waals surface area (Å²) in [5.74, 6) is 0. The SMILES string of the molecule is C=CC(C)NC(C)c1ccnn1C. The number of hydrogen-bond acceptors (Lipinski definition) is 2. The van der Waals surface area contributed by atoms with E-state index in [-0.39, 0.29) is 0 Å². The summed E-state index contributed by atoms with van der Waals surface area (Å²) in [5, 5.41) is 7.52. The molecule has 1 aromatic rings. The van der Waals surface area contributed by atoms with Crippen molar-refractivity contribution in [3.05, 3.63) is 30.6 Å². The Bertz CT molecular complexity index is 277. The van der Waals surface area contributed by atoms with Crippen LogP contribution in [0.25, 0.3) is 0 Å². The Balaban J connectivity index is 2.63. The van der Waals surface area contributed by atoms with Gasteiger partial charge >= 0.3 is 0 Å². The van der Waals surface area contributed by atoms with Crippen molar-refractivity contribution in [3.63, 3.8) is 0 Å². The summed E-state index contributed by atoms with van der Waals surface area (Å²) >= 11 is 0. The molecule has 1 rings (SSSR count). The van der Waals surface area contributed by atoms with Gasteiger partial charge in [0.2, 0.25) is 0 Å². The number of hydrogen-bond donors (Lipinski definition) is 1. The molecule has 2 atom stereocenters. The summed E-state index contributed by atoms with van der Waals surface area (Å²) in [6.45, 7) is 7.94. The van der Waals surface area contributed by atoms with Crippen molar-refractivity contribution in [3.8, 4) is 0 Å². The predicted molar refractivity (Wildman–Crippen MR) is 54.4 cm³/mol. The summed E-state index contributed by atoms with van der Waals surface area (Å²) < 4.78 is 1.88. The molecule has 0 bridgehead atoms. The van der Waals surface area contributed by atoms with E-state index in [9.17, 15) is 0 Å². The number of nitrogens with one attached hydrogen (secondary N) is 1. The first kappa shape index (κ1) is 9.99. The Morgan fingerprint density at radius 1 is 1.62 bits per heavy atom. The monoisotopic (exact) mass is 179 g/mol. The molecule has 0 radical (unpaired) electrons. The van der Waals surface area contributed by atoms with Crippen molar-refractivity contribution < 1.29 is 0 Å². The Kier molecular flexibility index (Phi) is 3.25. The number of aromatic nitrogens is 2. The molecule has 0 spiro atoms. The second kappa shape index (κ2) is 4.23. The van der Waals surface area contributed by atoms with Crippen LogP contribution in [0.15, 0.2) is 24.9 Å². The highest BCUT2D eigenvalue weighted by Crippen LogP contribution is 2.10. The van der Waals surface area contributed by atoms with Crippen LogP contribution in [-0.2, 0) is 7.05 Å². The fourth-order valence-electron chi connectivity index (χ4n) is 1.36. The quantitative estimate of drug-likeness (QED) is 0.712. The molecule has 0 aliphatic heterocycles. The largest absolute Gasteiger partial charge is 0.303 e. The third-order valence-corrected chi connectivity index (χ3v) is 2.17. The van der Waals surface area contributed by atoms with Gasteiger partial charge in [0.25, 0.3) is 0 Å². The van der Waals surface area contributed by atoms with E-state index >= 15 is 0 Å². The molecule has 1 N–H and O–H groups in total. The first-order chi connectivity index (χ1) is 6.15. The van der Waals surface area contributed by atoms with E-state index in [1.165, 1.54) is 5.69 Å². The van der Waals surface area contributed by atoms with Crippen molar-refractivity contribution in [1.29, 1.82) is 0 Å². The van der Waals surface area contributed by atoms with Gasteiger partial charge in [-0.3, -0.25) is 4.68 Å². The molecular weight excluding hydrogens is 162 g/mol. The molecule has 0 saturated carbocycles. The standard InChI is InChI=1S/C10H17N3/c1-5-8(2)12-9(3)10-6-7-11-13(10)4/h5-9,12H,1H2,2-4H3. The first-order valence-corrected chi connectivity index (χ1v) is 4.51.